The molecule has 1 aromatic carbocycles. The third-order valence-corrected chi connectivity index (χ3v) is 5.07. The Labute approximate surface area is 203 Å². The second-order valence-corrected chi connectivity index (χ2v) is 7.84. The van der Waals surface area contributed by atoms with Gasteiger partial charge in [-0.1, -0.05) is 30.3 Å². The van der Waals surface area contributed by atoms with E-state index in [1.165, 1.54) is 6.07 Å². The molecule has 1 aromatic heterocycles. The monoisotopic (exact) mass is 606 g/mol. The molecule has 0 aliphatic heterocycles. The van der Waals surface area contributed by atoms with Crippen molar-refractivity contribution in [3.05, 3.63) is 52.4 Å². The Balaban J connectivity index is 2.71. The highest BCUT2D eigenvalue weighted by Crippen LogP contribution is 2.65. The van der Waals surface area contributed by atoms with Crippen LogP contribution in [-0.4, -0.2) is 50.9 Å². The standard InChI is InChI=1S/C18H7ClF16N2O/c19-18(34,35)17(32,33)16(30,31)15(28,29)14(26,27)13(24,25)12(22,23)11(20,21)8-6-9(38)37-10(36-8)7-4-2-1-3-5-7/h1-6H,(H,36,37,38). The molecule has 214 valence electrons. The van der Waals surface area contributed by atoms with Gasteiger partial charge in [-0.15, -0.1) is 0 Å². The highest BCUT2D eigenvalue weighted by molar-refractivity contribution is 6.22. The molecule has 0 radical (unpaired) electrons. The van der Waals surface area contributed by atoms with Gasteiger partial charge in [0.1, 0.15) is 11.5 Å². The van der Waals surface area contributed by atoms with Crippen molar-refractivity contribution in [2.45, 2.75) is 46.8 Å². The predicted octanol–water partition coefficient (Wildman–Crippen LogP) is 7.17. The summed E-state index contributed by atoms with van der Waals surface area (Å²) in [5.74, 6) is -57.6. The molecule has 0 unspecified atom stereocenters. The molecule has 2 aromatic rings. The summed E-state index contributed by atoms with van der Waals surface area (Å²) in [6, 6.07) is 4.84. The minimum Gasteiger partial charge on any atom is -0.307 e. The van der Waals surface area contributed by atoms with Crippen LogP contribution in [0.2, 0.25) is 0 Å². The molecule has 0 amide bonds. The highest BCUT2D eigenvalue weighted by atomic mass is 35.5. The summed E-state index contributed by atoms with van der Waals surface area (Å²) in [6.07, 6.45) is 0. The Kier molecular flexibility index (Phi) is 7.38. The maximum Gasteiger partial charge on any atom is 0.393 e. The van der Waals surface area contributed by atoms with Gasteiger partial charge in [-0.2, -0.15) is 70.2 Å². The number of rotatable bonds is 9. The van der Waals surface area contributed by atoms with Gasteiger partial charge in [0, 0.05) is 11.6 Å². The van der Waals surface area contributed by atoms with Gasteiger partial charge in [0.05, 0.1) is 0 Å². The van der Waals surface area contributed by atoms with Crippen LogP contribution in [0.15, 0.2) is 41.2 Å². The molecule has 3 nitrogen and oxygen atoms in total. The number of H-pyrrole nitrogens is 1. The average molecular weight is 607 g/mol. The smallest absolute Gasteiger partial charge is 0.307 e. The molecule has 2 rings (SSSR count). The van der Waals surface area contributed by atoms with Gasteiger partial charge < -0.3 is 4.98 Å². The first-order chi connectivity index (χ1) is 16.7. The molecule has 0 saturated carbocycles. The van der Waals surface area contributed by atoms with Gasteiger partial charge >= 0.3 is 46.8 Å². The fourth-order valence-electron chi connectivity index (χ4n) is 2.68. The second kappa shape index (κ2) is 8.90. The first-order valence-corrected chi connectivity index (χ1v) is 9.48. The van der Waals surface area contributed by atoms with E-state index < -0.39 is 70.0 Å². The predicted molar refractivity (Wildman–Crippen MR) is 94.7 cm³/mol. The Morgan fingerprint density at radius 1 is 0.605 bits per heavy atom. The number of aromatic amines is 1. The number of benzene rings is 1. The Bertz CT molecular complexity index is 1220. The van der Waals surface area contributed by atoms with E-state index in [2.05, 4.69) is 16.6 Å². The maximum atomic E-state index is 14.4. The quantitative estimate of drug-likeness (QED) is 0.243. The maximum absolute atomic E-state index is 14.4. The van der Waals surface area contributed by atoms with Crippen LogP contribution in [0.4, 0.5) is 70.2 Å². The molecule has 0 fully saturated rings. The zero-order valence-electron chi connectivity index (χ0n) is 17.2. The summed E-state index contributed by atoms with van der Waals surface area (Å²) in [5, 5.41) is -6.86. The van der Waals surface area contributed by atoms with Crippen molar-refractivity contribution in [2.24, 2.45) is 0 Å². The minimum atomic E-state index is -8.61. The van der Waals surface area contributed by atoms with E-state index in [0.717, 1.165) is 24.3 Å². The second-order valence-electron chi connectivity index (χ2n) is 7.36. The zero-order valence-corrected chi connectivity index (χ0v) is 18.0. The highest BCUT2D eigenvalue weighted by Gasteiger charge is 2.95. The van der Waals surface area contributed by atoms with Crippen molar-refractivity contribution in [1.29, 1.82) is 0 Å². The van der Waals surface area contributed by atoms with Crippen LogP contribution in [-0.2, 0) is 5.92 Å². The largest absolute Gasteiger partial charge is 0.393 e. The first-order valence-electron chi connectivity index (χ1n) is 9.10. The van der Waals surface area contributed by atoms with E-state index in [0.29, 0.717) is 0 Å². The van der Waals surface area contributed by atoms with Crippen LogP contribution in [0.5, 0.6) is 0 Å². The summed E-state index contributed by atoms with van der Waals surface area (Å²) in [5.41, 5.74) is -4.98. The zero-order chi connectivity index (χ0) is 30.0. The van der Waals surface area contributed by atoms with E-state index >= 15 is 0 Å². The number of hydrogen-bond donors (Lipinski definition) is 1. The molecule has 20 heteroatoms. The molecule has 1 N–H and O–H groups in total. The normalized spacial score (nSPS) is 15.1. The summed E-state index contributed by atoms with van der Waals surface area (Å²) in [4.78, 5) is 16.0. The molecule has 1 heterocycles. The van der Waals surface area contributed by atoms with Gasteiger partial charge in [-0.3, -0.25) is 4.79 Å². The van der Waals surface area contributed by atoms with Gasteiger partial charge in [0.25, 0.3) is 5.56 Å². The van der Waals surface area contributed by atoms with Crippen LogP contribution in [0.3, 0.4) is 0 Å². The van der Waals surface area contributed by atoms with Crippen molar-refractivity contribution in [3.8, 4) is 11.4 Å². The van der Waals surface area contributed by atoms with Gasteiger partial charge in [0.2, 0.25) is 0 Å². The molecule has 0 bridgehead atoms. The first kappa shape index (κ1) is 31.5. The van der Waals surface area contributed by atoms with Crippen molar-refractivity contribution in [1.82, 2.24) is 9.97 Å². The van der Waals surface area contributed by atoms with Crippen LogP contribution >= 0.6 is 11.6 Å². The molecule has 0 saturated heterocycles. The summed E-state index contributed by atoms with van der Waals surface area (Å²) >= 11 is 3.46. The van der Waals surface area contributed by atoms with Gasteiger partial charge in [0.15, 0.2) is 0 Å². The van der Waals surface area contributed by atoms with Crippen LogP contribution in [0.1, 0.15) is 5.69 Å². The number of alkyl halides is 17. The molecule has 0 aliphatic carbocycles. The van der Waals surface area contributed by atoms with Gasteiger partial charge in [-0.25, -0.2) is 4.98 Å². The molecule has 38 heavy (non-hydrogen) atoms. The van der Waals surface area contributed by atoms with Crippen molar-refractivity contribution in [2.75, 3.05) is 0 Å². The molecular weight excluding hydrogens is 600 g/mol. The van der Waals surface area contributed by atoms with Crippen molar-refractivity contribution in [3.63, 3.8) is 0 Å². The van der Waals surface area contributed by atoms with Gasteiger partial charge in [-0.05, 0) is 11.6 Å². The number of nitrogens with one attached hydrogen (secondary N) is 1. The Morgan fingerprint density at radius 2 is 1.00 bits per heavy atom. The molecule has 0 aliphatic rings. The van der Waals surface area contributed by atoms with Crippen LogP contribution in [0.25, 0.3) is 11.4 Å². The van der Waals surface area contributed by atoms with Crippen molar-refractivity contribution < 1.29 is 70.2 Å². The number of nitrogens with zero attached hydrogens (tertiary/aromatic N) is 1. The van der Waals surface area contributed by atoms with Crippen molar-refractivity contribution >= 4 is 11.6 Å². The molecule has 0 spiro atoms. The molecular formula is C18H7ClF16N2O. The van der Waals surface area contributed by atoms with E-state index in [9.17, 15) is 75.0 Å². The van der Waals surface area contributed by atoms with E-state index in [4.69, 9.17) is 0 Å². The number of hydrogen-bond acceptors (Lipinski definition) is 2. The SMILES string of the molecule is O=c1cc(C(F)(F)C(F)(F)C(F)(F)C(F)(F)C(F)(F)C(F)(F)C(F)(F)C(F)(F)Cl)nc(-c2ccccc2)[nH]1. The third-order valence-electron chi connectivity index (χ3n) is 4.83. The van der Waals surface area contributed by atoms with E-state index in [1.807, 2.05) is 0 Å². The lowest BCUT2D eigenvalue weighted by Gasteiger charge is -2.42. The van der Waals surface area contributed by atoms with E-state index in [-0.39, 0.29) is 5.56 Å². The Hall–Kier alpha value is -2.73. The number of halogens is 17. The fraction of sp³-hybridized carbons (Fsp3) is 0.444. The van der Waals surface area contributed by atoms with Crippen LogP contribution < -0.4 is 5.56 Å². The fourth-order valence-corrected chi connectivity index (χ4v) is 2.79. The van der Waals surface area contributed by atoms with E-state index in [1.54, 1.807) is 4.98 Å². The van der Waals surface area contributed by atoms with Crippen LogP contribution in [0, 0.1) is 0 Å². The summed E-state index contributed by atoms with van der Waals surface area (Å²) < 4.78 is 219. The lowest BCUT2D eigenvalue weighted by molar-refractivity contribution is -0.450. The third kappa shape index (κ3) is 4.25. The lowest BCUT2D eigenvalue weighted by Crippen LogP contribution is -2.74. The minimum absolute atomic E-state index is 0.377. The Morgan fingerprint density at radius 3 is 1.42 bits per heavy atom. The lowest BCUT2D eigenvalue weighted by atomic mass is 9.88. The molecule has 0 atom stereocenters. The number of aromatic nitrogens is 2. The summed E-state index contributed by atoms with van der Waals surface area (Å²) in [6.45, 7) is 0. The topological polar surface area (TPSA) is 45.8 Å². The summed E-state index contributed by atoms with van der Waals surface area (Å²) in [7, 11) is 0. The average Bonchev–Trinajstić information content (AvgIpc) is 2.77.